The smallest absolute Gasteiger partial charge is 0.328 e. The maximum absolute atomic E-state index is 10.5. The van der Waals surface area contributed by atoms with E-state index in [4.69, 9.17) is 19.3 Å². The average Bonchev–Trinajstić information content (AvgIpc) is 2.47. The van der Waals surface area contributed by atoms with Crippen molar-refractivity contribution in [3.63, 3.8) is 0 Å². The third-order valence-corrected chi connectivity index (χ3v) is 2.58. The van der Waals surface area contributed by atoms with E-state index >= 15 is 0 Å². The maximum Gasteiger partial charge on any atom is 0.328 e. The van der Waals surface area contributed by atoms with Gasteiger partial charge in [-0.25, -0.2) is 4.79 Å². The van der Waals surface area contributed by atoms with Crippen molar-refractivity contribution in [2.75, 3.05) is 26.4 Å². The molecule has 21 heavy (non-hydrogen) atoms. The predicted molar refractivity (Wildman–Crippen MR) is 80.9 cm³/mol. The van der Waals surface area contributed by atoms with E-state index in [9.17, 15) is 4.79 Å². The molecule has 0 atom stereocenters. The van der Waals surface area contributed by atoms with Crippen molar-refractivity contribution in [2.24, 2.45) is 0 Å². The molecule has 0 heterocycles. The zero-order valence-electron chi connectivity index (χ0n) is 12.5. The SMILES string of the molecule is CCOCCCOc1ccc(C=CC(=O)O)cc1OCC. The zero-order chi connectivity index (χ0) is 15.5. The fourth-order valence-corrected chi connectivity index (χ4v) is 1.67. The van der Waals surface area contributed by atoms with Crippen molar-refractivity contribution < 1.29 is 24.1 Å². The molecule has 116 valence electrons. The van der Waals surface area contributed by atoms with Gasteiger partial charge in [-0.15, -0.1) is 0 Å². The van der Waals surface area contributed by atoms with E-state index in [1.807, 2.05) is 13.8 Å². The first kappa shape index (κ1) is 17.0. The van der Waals surface area contributed by atoms with Crippen molar-refractivity contribution in [3.05, 3.63) is 29.8 Å². The molecule has 0 aliphatic heterocycles. The molecule has 0 saturated carbocycles. The van der Waals surface area contributed by atoms with Crippen molar-refractivity contribution in [3.8, 4) is 11.5 Å². The molecule has 0 bridgehead atoms. The number of carboxylic acid groups (broad SMARTS) is 1. The molecule has 1 aromatic carbocycles. The van der Waals surface area contributed by atoms with Crippen LogP contribution in [-0.4, -0.2) is 37.5 Å². The summed E-state index contributed by atoms with van der Waals surface area (Å²) in [5.41, 5.74) is 0.752. The number of hydrogen-bond donors (Lipinski definition) is 1. The lowest BCUT2D eigenvalue weighted by Crippen LogP contribution is -2.04. The van der Waals surface area contributed by atoms with Gasteiger partial charge in [-0.05, 0) is 37.6 Å². The second-order valence-corrected chi connectivity index (χ2v) is 4.21. The van der Waals surface area contributed by atoms with Gasteiger partial charge in [0.25, 0.3) is 0 Å². The van der Waals surface area contributed by atoms with E-state index in [0.29, 0.717) is 37.9 Å². The van der Waals surface area contributed by atoms with Crippen LogP contribution in [0.5, 0.6) is 11.5 Å². The molecule has 0 unspecified atom stereocenters. The summed E-state index contributed by atoms with van der Waals surface area (Å²) >= 11 is 0. The fraction of sp³-hybridized carbons (Fsp3) is 0.438. The highest BCUT2D eigenvalue weighted by molar-refractivity contribution is 5.85. The molecule has 0 saturated heterocycles. The molecule has 1 aromatic rings. The van der Waals surface area contributed by atoms with E-state index in [-0.39, 0.29) is 0 Å². The van der Waals surface area contributed by atoms with Crippen LogP contribution in [0, 0.1) is 0 Å². The molecule has 0 aliphatic carbocycles. The van der Waals surface area contributed by atoms with Gasteiger partial charge >= 0.3 is 5.97 Å². The largest absolute Gasteiger partial charge is 0.490 e. The normalized spacial score (nSPS) is 10.8. The van der Waals surface area contributed by atoms with Gasteiger partial charge in [0.15, 0.2) is 11.5 Å². The number of benzene rings is 1. The second kappa shape index (κ2) is 9.83. The molecule has 0 aliphatic rings. The zero-order valence-corrected chi connectivity index (χ0v) is 12.5. The third-order valence-electron chi connectivity index (χ3n) is 2.58. The molecular formula is C16H22O5. The lowest BCUT2D eigenvalue weighted by Gasteiger charge is -2.12. The molecule has 0 spiro atoms. The Balaban J connectivity index is 2.67. The monoisotopic (exact) mass is 294 g/mol. The Morgan fingerprint density at radius 2 is 1.95 bits per heavy atom. The van der Waals surface area contributed by atoms with Gasteiger partial charge in [-0.2, -0.15) is 0 Å². The van der Waals surface area contributed by atoms with Crippen LogP contribution in [0.1, 0.15) is 25.8 Å². The predicted octanol–water partition coefficient (Wildman–Crippen LogP) is 2.99. The lowest BCUT2D eigenvalue weighted by atomic mass is 10.2. The van der Waals surface area contributed by atoms with Gasteiger partial charge in [0.05, 0.1) is 13.2 Å². The first-order chi connectivity index (χ1) is 10.2. The highest BCUT2D eigenvalue weighted by Crippen LogP contribution is 2.29. The first-order valence-electron chi connectivity index (χ1n) is 7.05. The number of carboxylic acids is 1. The molecule has 0 fully saturated rings. The van der Waals surface area contributed by atoms with Crippen molar-refractivity contribution in [1.82, 2.24) is 0 Å². The summed E-state index contributed by atoms with van der Waals surface area (Å²) in [5, 5.41) is 8.63. The van der Waals surface area contributed by atoms with Gasteiger partial charge in [-0.3, -0.25) is 0 Å². The van der Waals surface area contributed by atoms with Crippen molar-refractivity contribution >= 4 is 12.0 Å². The van der Waals surface area contributed by atoms with Gasteiger partial charge in [0.1, 0.15) is 0 Å². The summed E-state index contributed by atoms with van der Waals surface area (Å²) in [6.07, 6.45) is 3.41. The van der Waals surface area contributed by atoms with Crippen molar-refractivity contribution in [1.29, 1.82) is 0 Å². The number of ether oxygens (including phenoxy) is 3. The molecule has 1 rings (SSSR count). The number of aliphatic carboxylic acids is 1. The van der Waals surface area contributed by atoms with Gasteiger partial charge in [0, 0.05) is 25.7 Å². The maximum atomic E-state index is 10.5. The molecule has 1 N–H and O–H groups in total. The van der Waals surface area contributed by atoms with Gasteiger partial charge < -0.3 is 19.3 Å². The summed E-state index contributed by atoms with van der Waals surface area (Å²) in [7, 11) is 0. The van der Waals surface area contributed by atoms with Gasteiger partial charge in [0.2, 0.25) is 0 Å². The molecule has 0 aromatic heterocycles. The highest BCUT2D eigenvalue weighted by atomic mass is 16.5. The number of carbonyl (C=O) groups is 1. The Morgan fingerprint density at radius 1 is 1.14 bits per heavy atom. The Hall–Kier alpha value is -2.01. The Kier molecular flexibility index (Phi) is 7.97. The molecule has 0 radical (unpaired) electrons. The highest BCUT2D eigenvalue weighted by Gasteiger charge is 2.05. The lowest BCUT2D eigenvalue weighted by molar-refractivity contribution is -0.131. The van der Waals surface area contributed by atoms with Crippen LogP contribution in [-0.2, 0) is 9.53 Å². The van der Waals surface area contributed by atoms with Gasteiger partial charge in [-0.1, -0.05) is 6.07 Å². The van der Waals surface area contributed by atoms with Crippen LogP contribution in [0.25, 0.3) is 6.08 Å². The number of hydrogen-bond acceptors (Lipinski definition) is 4. The average molecular weight is 294 g/mol. The molecule has 0 amide bonds. The topological polar surface area (TPSA) is 65.0 Å². The summed E-state index contributed by atoms with van der Waals surface area (Å²) < 4.78 is 16.4. The van der Waals surface area contributed by atoms with E-state index in [1.165, 1.54) is 6.08 Å². The van der Waals surface area contributed by atoms with Crippen LogP contribution in [0.15, 0.2) is 24.3 Å². The Labute approximate surface area is 125 Å². The fourth-order valence-electron chi connectivity index (χ4n) is 1.67. The molecular weight excluding hydrogens is 272 g/mol. The van der Waals surface area contributed by atoms with Crippen LogP contribution in [0.3, 0.4) is 0 Å². The summed E-state index contributed by atoms with van der Waals surface area (Å²) in [6, 6.07) is 5.34. The second-order valence-electron chi connectivity index (χ2n) is 4.21. The Morgan fingerprint density at radius 3 is 2.62 bits per heavy atom. The van der Waals surface area contributed by atoms with E-state index in [0.717, 1.165) is 18.1 Å². The standard InChI is InChI=1S/C16H22O5/c1-3-19-10-5-11-21-14-8-6-13(7-9-16(17)18)12-15(14)20-4-2/h6-9,12H,3-5,10-11H2,1-2H3,(H,17,18). The summed E-state index contributed by atoms with van der Waals surface area (Å²) in [6.45, 7) is 6.27. The van der Waals surface area contributed by atoms with Crippen LogP contribution < -0.4 is 9.47 Å². The van der Waals surface area contributed by atoms with Crippen LogP contribution in [0.2, 0.25) is 0 Å². The quantitative estimate of drug-likeness (QED) is 0.531. The minimum atomic E-state index is -0.982. The summed E-state index contributed by atoms with van der Waals surface area (Å²) in [4.78, 5) is 10.5. The first-order valence-corrected chi connectivity index (χ1v) is 7.05. The van der Waals surface area contributed by atoms with Crippen LogP contribution >= 0.6 is 0 Å². The third kappa shape index (κ3) is 6.81. The van der Waals surface area contributed by atoms with Crippen molar-refractivity contribution in [2.45, 2.75) is 20.3 Å². The van der Waals surface area contributed by atoms with E-state index in [1.54, 1.807) is 18.2 Å². The van der Waals surface area contributed by atoms with E-state index < -0.39 is 5.97 Å². The number of rotatable bonds is 10. The van der Waals surface area contributed by atoms with E-state index in [2.05, 4.69) is 0 Å². The molecule has 5 nitrogen and oxygen atoms in total. The minimum absolute atomic E-state index is 0.515. The Bertz CT molecular complexity index is 468. The molecule has 5 heteroatoms. The minimum Gasteiger partial charge on any atom is -0.490 e. The summed E-state index contributed by atoms with van der Waals surface area (Å²) in [5.74, 6) is 0.284. The van der Waals surface area contributed by atoms with Crippen LogP contribution in [0.4, 0.5) is 0 Å².